The van der Waals surface area contributed by atoms with Crippen LogP contribution in [0.1, 0.15) is 35.4 Å². The van der Waals surface area contributed by atoms with Crippen molar-refractivity contribution in [1.82, 2.24) is 4.90 Å². The Labute approximate surface area is 156 Å². The number of carbonyl (C=O) groups excluding carboxylic acids is 1. The van der Waals surface area contributed by atoms with Crippen molar-refractivity contribution < 1.29 is 13.2 Å². The molecule has 4 rings (SSSR count). The summed E-state index contributed by atoms with van der Waals surface area (Å²) in [6, 6.07) is 12.1. The van der Waals surface area contributed by atoms with E-state index in [-0.39, 0.29) is 18.0 Å². The summed E-state index contributed by atoms with van der Waals surface area (Å²) in [7, 11) is -3.35. The first-order valence-electron chi connectivity index (χ1n) is 8.34. The zero-order chi connectivity index (χ0) is 17.6. The van der Waals surface area contributed by atoms with E-state index in [0.717, 1.165) is 12.8 Å². The number of piperidine rings is 1. The fourth-order valence-corrected chi connectivity index (χ4v) is 6.93. The van der Waals surface area contributed by atoms with E-state index in [1.807, 2.05) is 11.0 Å². The molecule has 1 amide bonds. The number of hydrogen-bond acceptors (Lipinski definition) is 4. The van der Waals surface area contributed by atoms with Crippen LogP contribution in [0, 0.1) is 0 Å². The van der Waals surface area contributed by atoms with Gasteiger partial charge >= 0.3 is 0 Å². The van der Waals surface area contributed by atoms with E-state index in [9.17, 15) is 13.2 Å². The quantitative estimate of drug-likeness (QED) is 0.788. The highest BCUT2D eigenvalue weighted by Gasteiger charge is 2.47. The average Bonchev–Trinajstić information content (AvgIpc) is 3.15. The maximum Gasteiger partial charge on any atom is 0.264 e. The van der Waals surface area contributed by atoms with Crippen LogP contribution in [-0.2, 0) is 9.84 Å². The van der Waals surface area contributed by atoms with Crippen molar-refractivity contribution >= 4 is 38.7 Å². The Hall–Kier alpha value is -1.37. The molecule has 2 atom stereocenters. The Kier molecular flexibility index (Phi) is 4.38. The van der Waals surface area contributed by atoms with Gasteiger partial charge in [-0.25, -0.2) is 8.42 Å². The highest BCUT2D eigenvalue weighted by Crippen LogP contribution is 2.41. The van der Waals surface area contributed by atoms with Gasteiger partial charge in [-0.2, -0.15) is 0 Å². The lowest BCUT2D eigenvalue weighted by atomic mass is 10.0. The molecule has 7 heteroatoms. The Morgan fingerprint density at radius 1 is 1.04 bits per heavy atom. The van der Waals surface area contributed by atoms with Crippen molar-refractivity contribution in [2.24, 2.45) is 0 Å². The molecule has 0 radical (unpaired) electrons. The van der Waals surface area contributed by atoms with Crippen LogP contribution in [0.25, 0.3) is 0 Å². The van der Waals surface area contributed by atoms with Crippen molar-refractivity contribution in [2.75, 3.05) is 0 Å². The summed E-state index contributed by atoms with van der Waals surface area (Å²) in [6.45, 7) is 0. The van der Waals surface area contributed by atoms with E-state index in [0.29, 0.717) is 27.0 Å². The topological polar surface area (TPSA) is 54.5 Å². The first kappa shape index (κ1) is 17.1. The number of hydrogen-bond donors (Lipinski definition) is 0. The average molecular weight is 396 g/mol. The van der Waals surface area contributed by atoms with Crippen molar-refractivity contribution in [2.45, 2.75) is 47.9 Å². The number of thiophene rings is 1. The number of nitrogens with zero attached hydrogens (tertiary/aromatic N) is 1. The number of amides is 1. The Morgan fingerprint density at radius 2 is 1.68 bits per heavy atom. The minimum absolute atomic E-state index is 0.00406. The second-order valence-electron chi connectivity index (χ2n) is 6.65. The standard InChI is InChI=1S/C18H18ClNO3S2/c19-17-9-8-16(24-17)18(21)20-12-6-7-13(20)11-15(10-12)25(22,23)14-4-2-1-3-5-14/h1-5,8-9,12-13,15H,6-7,10-11H2/t12-,13-/m1/s1. The number of benzene rings is 1. The number of halogens is 1. The Bertz CT molecular complexity index is 880. The largest absolute Gasteiger partial charge is 0.332 e. The van der Waals surface area contributed by atoms with Crippen LogP contribution in [0.5, 0.6) is 0 Å². The highest BCUT2D eigenvalue weighted by molar-refractivity contribution is 7.92. The van der Waals surface area contributed by atoms with Gasteiger partial charge in [-0.3, -0.25) is 4.79 Å². The summed E-state index contributed by atoms with van der Waals surface area (Å²) in [5.41, 5.74) is 0. The van der Waals surface area contributed by atoms with Crippen LogP contribution in [0.3, 0.4) is 0 Å². The normalized spacial score (nSPS) is 26.0. The monoisotopic (exact) mass is 395 g/mol. The molecule has 4 nitrogen and oxygen atoms in total. The van der Waals surface area contributed by atoms with Gasteiger partial charge in [0.15, 0.2) is 9.84 Å². The minimum atomic E-state index is -3.35. The van der Waals surface area contributed by atoms with Gasteiger partial charge < -0.3 is 4.90 Å². The summed E-state index contributed by atoms with van der Waals surface area (Å²) < 4.78 is 26.5. The predicted octanol–water partition coefficient (Wildman–Crippen LogP) is 4.01. The fraction of sp³-hybridized carbons (Fsp3) is 0.389. The van der Waals surface area contributed by atoms with Gasteiger partial charge in [0.1, 0.15) is 0 Å². The maximum absolute atomic E-state index is 12.9. The molecular weight excluding hydrogens is 378 g/mol. The molecule has 1 aromatic carbocycles. The van der Waals surface area contributed by atoms with Gasteiger partial charge in [0, 0.05) is 12.1 Å². The van der Waals surface area contributed by atoms with Crippen LogP contribution in [0.2, 0.25) is 4.34 Å². The number of sulfone groups is 1. The van der Waals surface area contributed by atoms with Crippen molar-refractivity contribution in [3.63, 3.8) is 0 Å². The zero-order valence-electron chi connectivity index (χ0n) is 13.5. The second-order valence-corrected chi connectivity index (χ2v) is 10.6. The van der Waals surface area contributed by atoms with Gasteiger partial charge in [-0.15, -0.1) is 11.3 Å². The second kappa shape index (κ2) is 6.41. The van der Waals surface area contributed by atoms with Crippen LogP contribution in [0.15, 0.2) is 47.4 Å². The third-order valence-corrected chi connectivity index (χ3v) is 8.63. The van der Waals surface area contributed by atoms with E-state index in [1.165, 1.54) is 11.3 Å². The molecule has 2 saturated heterocycles. The fourth-order valence-electron chi connectivity index (χ4n) is 4.07. The van der Waals surface area contributed by atoms with E-state index < -0.39 is 15.1 Å². The third-order valence-electron chi connectivity index (χ3n) is 5.22. The summed E-state index contributed by atoms with van der Waals surface area (Å²) >= 11 is 7.23. The lowest BCUT2D eigenvalue weighted by molar-refractivity contribution is 0.0603. The lowest BCUT2D eigenvalue weighted by Crippen LogP contribution is -2.49. The van der Waals surface area contributed by atoms with Crippen molar-refractivity contribution in [3.8, 4) is 0 Å². The van der Waals surface area contributed by atoms with Gasteiger partial charge in [-0.05, 0) is 49.9 Å². The number of rotatable bonds is 3. The maximum atomic E-state index is 12.9. The van der Waals surface area contributed by atoms with Gasteiger partial charge in [0.05, 0.1) is 19.4 Å². The molecule has 3 heterocycles. The van der Waals surface area contributed by atoms with Crippen LogP contribution in [0.4, 0.5) is 0 Å². The first-order valence-corrected chi connectivity index (χ1v) is 11.1. The van der Waals surface area contributed by atoms with E-state index in [1.54, 1.807) is 36.4 Å². The summed E-state index contributed by atoms with van der Waals surface area (Å²) in [5.74, 6) is -0.0139. The van der Waals surface area contributed by atoms with Crippen LogP contribution >= 0.6 is 22.9 Å². The number of fused-ring (bicyclic) bond motifs is 2. The molecule has 25 heavy (non-hydrogen) atoms. The molecule has 1 aromatic heterocycles. The number of carbonyl (C=O) groups is 1. The molecule has 2 aliphatic rings. The lowest BCUT2D eigenvalue weighted by Gasteiger charge is -2.38. The summed E-state index contributed by atoms with van der Waals surface area (Å²) in [5, 5.41) is -0.414. The Morgan fingerprint density at radius 3 is 2.24 bits per heavy atom. The molecule has 2 aromatic rings. The highest BCUT2D eigenvalue weighted by atomic mass is 35.5. The molecule has 0 saturated carbocycles. The summed E-state index contributed by atoms with van der Waals surface area (Å²) in [4.78, 5) is 15.7. The van der Waals surface area contributed by atoms with Gasteiger partial charge in [-0.1, -0.05) is 29.8 Å². The van der Waals surface area contributed by atoms with Gasteiger partial charge in [0.2, 0.25) is 0 Å². The molecule has 2 bridgehead atoms. The molecule has 2 aliphatic heterocycles. The minimum Gasteiger partial charge on any atom is -0.332 e. The van der Waals surface area contributed by atoms with Gasteiger partial charge in [0.25, 0.3) is 5.91 Å². The van der Waals surface area contributed by atoms with Crippen LogP contribution in [-0.4, -0.2) is 36.6 Å². The SMILES string of the molecule is O=C(c1ccc(Cl)s1)N1[C@@H]2CC[C@@H]1CC(S(=O)(=O)c1ccccc1)C2. The van der Waals surface area contributed by atoms with E-state index >= 15 is 0 Å². The molecule has 132 valence electrons. The molecule has 0 aliphatic carbocycles. The van der Waals surface area contributed by atoms with Crippen LogP contribution < -0.4 is 0 Å². The van der Waals surface area contributed by atoms with Crippen molar-refractivity contribution in [3.05, 3.63) is 51.7 Å². The smallest absolute Gasteiger partial charge is 0.264 e. The van der Waals surface area contributed by atoms with Crippen molar-refractivity contribution in [1.29, 1.82) is 0 Å². The van der Waals surface area contributed by atoms with E-state index in [4.69, 9.17) is 11.6 Å². The Balaban J connectivity index is 1.57. The van der Waals surface area contributed by atoms with E-state index in [2.05, 4.69) is 0 Å². The molecule has 0 spiro atoms. The first-order chi connectivity index (χ1) is 12.0. The third kappa shape index (κ3) is 3.00. The zero-order valence-corrected chi connectivity index (χ0v) is 15.9. The summed E-state index contributed by atoms with van der Waals surface area (Å²) in [6.07, 6.45) is 2.77. The molecule has 0 N–H and O–H groups in total. The molecular formula is C18H18ClNO3S2. The predicted molar refractivity (Wildman–Crippen MR) is 99.0 cm³/mol. The molecule has 2 fully saturated rings. The molecule has 0 unspecified atom stereocenters.